The predicted molar refractivity (Wildman–Crippen MR) is 115 cm³/mol. The summed E-state index contributed by atoms with van der Waals surface area (Å²) < 4.78 is 12.6. The monoisotopic (exact) mass is 409 g/mol. The van der Waals surface area contributed by atoms with E-state index in [1.165, 1.54) is 0 Å². The molecule has 0 N–H and O–H groups in total. The molecular weight excluding hydrogens is 386 g/mol. The number of carbonyl (C=O) groups excluding carboxylic acids is 1. The summed E-state index contributed by atoms with van der Waals surface area (Å²) in [6.45, 7) is 10.3. The molecule has 150 valence electrons. The van der Waals surface area contributed by atoms with E-state index in [9.17, 15) is 4.79 Å². The van der Waals surface area contributed by atoms with E-state index in [4.69, 9.17) is 14.6 Å². The Morgan fingerprint density at radius 1 is 1.28 bits per heavy atom. The van der Waals surface area contributed by atoms with Crippen molar-refractivity contribution in [3.05, 3.63) is 77.2 Å². The Labute approximate surface area is 174 Å². The Balaban J connectivity index is 1.90. The Hall–Kier alpha value is -2.77. The molecule has 0 radical (unpaired) electrons. The zero-order chi connectivity index (χ0) is 20.4. The van der Waals surface area contributed by atoms with Crippen LogP contribution < -0.4 is 0 Å². The fraction of sp³-hybridized carbons (Fsp3) is 0.273. The average molecular weight is 410 g/mol. The van der Waals surface area contributed by atoms with Crippen molar-refractivity contribution < 1.29 is 14.3 Å². The van der Waals surface area contributed by atoms with Crippen LogP contribution in [0.3, 0.4) is 0 Å². The Morgan fingerprint density at radius 3 is 2.66 bits per heavy atom. The molecule has 2 aliphatic heterocycles. The summed E-state index contributed by atoms with van der Waals surface area (Å²) in [4.78, 5) is 16.0. The Morgan fingerprint density at radius 2 is 2.00 bits per heavy atom. The fourth-order valence-electron chi connectivity index (χ4n) is 3.55. The molecule has 2 aliphatic rings. The summed E-state index contributed by atoms with van der Waals surface area (Å²) in [7, 11) is 1.61. The molecular formula is C22H23N3O3S. The first kappa shape index (κ1) is 19.5. The van der Waals surface area contributed by atoms with Crippen molar-refractivity contribution in [3.8, 4) is 5.69 Å². The molecule has 0 spiro atoms. The van der Waals surface area contributed by atoms with Gasteiger partial charge in [0.2, 0.25) is 0 Å². The van der Waals surface area contributed by atoms with Crippen molar-refractivity contribution in [3.63, 3.8) is 0 Å². The second-order valence-electron chi connectivity index (χ2n) is 6.69. The van der Waals surface area contributed by atoms with Crippen LogP contribution in [0.4, 0.5) is 0 Å². The molecule has 1 aromatic heterocycles. The van der Waals surface area contributed by atoms with Crippen LogP contribution in [0, 0.1) is 0 Å². The number of morpholine rings is 1. The van der Waals surface area contributed by atoms with E-state index in [1.54, 1.807) is 24.9 Å². The van der Waals surface area contributed by atoms with E-state index >= 15 is 0 Å². The zero-order valence-corrected chi connectivity index (χ0v) is 17.2. The smallest absolute Gasteiger partial charge is 0.274 e. The normalized spacial score (nSPS) is 16.4. The van der Waals surface area contributed by atoms with Gasteiger partial charge in [-0.2, -0.15) is 5.10 Å². The van der Waals surface area contributed by atoms with Gasteiger partial charge in [-0.05, 0) is 12.1 Å². The number of fused-ring (bicyclic) bond motifs is 1. The van der Waals surface area contributed by atoms with Crippen LogP contribution in [-0.2, 0) is 15.2 Å². The summed E-state index contributed by atoms with van der Waals surface area (Å²) in [5.41, 5.74) is 4.03. The van der Waals surface area contributed by atoms with Gasteiger partial charge in [-0.25, -0.2) is 4.68 Å². The topological polar surface area (TPSA) is 56.6 Å². The molecule has 0 saturated carbocycles. The maximum absolute atomic E-state index is 13.3. The third-order valence-electron chi connectivity index (χ3n) is 5.05. The number of aromatic nitrogens is 2. The number of para-hydroxylation sites is 1. The van der Waals surface area contributed by atoms with Gasteiger partial charge in [0.1, 0.15) is 5.76 Å². The zero-order valence-electron chi connectivity index (χ0n) is 16.4. The van der Waals surface area contributed by atoms with Gasteiger partial charge < -0.3 is 14.4 Å². The minimum Gasteiger partial charge on any atom is -0.496 e. The SMILES string of the molecule is C=CC1=C(C(=C)OC)SCc2c(C(=O)N3CCOCC3)nn(-c3ccccc3)c21. The predicted octanol–water partition coefficient (Wildman–Crippen LogP) is 3.65. The Kier molecular flexibility index (Phi) is 5.60. The fourth-order valence-corrected chi connectivity index (χ4v) is 4.69. The molecule has 1 amide bonds. The molecule has 1 aromatic carbocycles. The number of hydrogen-bond acceptors (Lipinski definition) is 5. The van der Waals surface area contributed by atoms with Crippen LogP contribution in [0.25, 0.3) is 11.3 Å². The molecule has 29 heavy (non-hydrogen) atoms. The number of carbonyl (C=O) groups is 1. The lowest BCUT2D eigenvalue weighted by Crippen LogP contribution is -2.41. The summed E-state index contributed by atoms with van der Waals surface area (Å²) in [5, 5.41) is 4.77. The van der Waals surface area contributed by atoms with E-state index in [1.807, 2.05) is 39.9 Å². The van der Waals surface area contributed by atoms with Crippen molar-refractivity contribution in [2.24, 2.45) is 0 Å². The Bertz CT molecular complexity index is 988. The van der Waals surface area contributed by atoms with Crippen molar-refractivity contribution in [2.75, 3.05) is 33.4 Å². The first-order chi connectivity index (χ1) is 14.2. The van der Waals surface area contributed by atoms with Crippen LogP contribution in [-0.4, -0.2) is 54.0 Å². The summed E-state index contributed by atoms with van der Waals surface area (Å²) in [6.07, 6.45) is 1.79. The number of benzene rings is 1. The van der Waals surface area contributed by atoms with Gasteiger partial charge in [0.05, 0.1) is 36.6 Å². The summed E-state index contributed by atoms with van der Waals surface area (Å²) in [6, 6.07) is 9.82. The van der Waals surface area contributed by atoms with Crippen LogP contribution in [0.5, 0.6) is 0 Å². The second kappa shape index (κ2) is 8.31. The van der Waals surface area contributed by atoms with Gasteiger partial charge in [-0.1, -0.05) is 37.4 Å². The molecule has 0 bridgehead atoms. The number of hydrogen-bond donors (Lipinski definition) is 0. The second-order valence-corrected chi connectivity index (χ2v) is 7.68. The molecule has 3 heterocycles. The van der Waals surface area contributed by atoms with Crippen LogP contribution in [0.1, 0.15) is 21.7 Å². The quantitative estimate of drug-likeness (QED) is 0.706. The van der Waals surface area contributed by atoms with Gasteiger partial charge in [0.25, 0.3) is 5.91 Å². The molecule has 0 aliphatic carbocycles. The molecule has 2 aromatic rings. The third-order valence-corrected chi connectivity index (χ3v) is 6.22. The molecule has 0 unspecified atom stereocenters. The van der Waals surface area contributed by atoms with E-state index in [-0.39, 0.29) is 5.91 Å². The van der Waals surface area contributed by atoms with Gasteiger partial charge in [0.15, 0.2) is 5.69 Å². The van der Waals surface area contributed by atoms with Gasteiger partial charge >= 0.3 is 0 Å². The lowest BCUT2D eigenvalue weighted by Gasteiger charge is -2.26. The van der Waals surface area contributed by atoms with Gasteiger partial charge in [-0.15, -0.1) is 11.8 Å². The van der Waals surface area contributed by atoms with E-state index in [0.29, 0.717) is 43.5 Å². The molecule has 1 fully saturated rings. The molecule has 1 saturated heterocycles. The number of thioether (sulfide) groups is 1. The number of ether oxygens (including phenoxy) is 2. The number of allylic oxidation sites excluding steroid dienone is 2. The lowest BCUT2D eigenvalue weighted by molar-refractivity contribution is 0.0298. The molecule has 0 atom stereocenters. The minimum absolute atomic E-state index is 0.0581. The molecule has 6 nitrogen and oxygen atoms in total. The number of nitrogens with zero attached hydrogens (tertiary/aromatic N) is 3. The van der Waals surface area contributed by atoms with E-state index in [0.717, 1.165) is 27.4 Å². The van der Waals surface area contributed by atoms with Gasteiger partial charge in [0, 0.05) is 30.0 Å². The van der Waals surface area contributed by atoms with Crippen molar-refractivity contribution in [1.82, 2.24) is 14.7 Å². The highest BCUT2D eigenvalue weighted by atomic mass is 32.2. The first-order valence-electron chi connectivity index (χ1n) is 9.43. The summed E-state index contributed by atoms with van der Waals surface area (Å²) in [5.74, 6) is 1.14. The largest absolute Gasteiger partial charge is 0.496 e. The minimum atomic E-state index is -0.0581. The summed E-state index contributed by atoms with van der Waals surface area (Å²) >= 11 is 1.59. The number of rotatable bonds is 5. The maximum atomic E-state index is 13.3. The van der Waals surface area contributed by atoms with Crippen LogP contribution in [0.2, 0.25) is 0 Å². The average Bonchev–Trinajstić information content (AvgIpc) is 3.18. The number of amides is 1. The molecule has 7 heteroatoms. The highest BCUT2D eigenvalue weighted by Crippen LogP contribution is 2.43. The highest BCUT2D eigenvalue weighted by molar-refractivity contribution is 8.02. The molecule has 4 rings (SSSR count). The van der Waals surface area contributed by atoms with Crippen molar-refractivity contribution in [1.29, 1.82) is 0 Å². The highest BCUT2D eigenvalue weighted by Gasteiger charge is 2.33. The standard InChI is InChI=1S/C22H23N3O3S/c1-4-17-20-18(14-29-21(17)15(2)27-3)19(22(26)24-10-12-28-13-11-24)23-25(20)16-8-6-5-7-9-16/h4-9H,1-2,10-14H2,3H3. The first-order valence-corrected chi connectivity index (χ1v) is 10.4. The van der Waals surface area contributed by atoms with Crippen molar-refractivity contribution >= 4 is 23.2 Å². The van der Waals surface area contributed by atoms with E-state index in [2.05, 4.69) is 13.2 Å². The third kappa shape index (κ3) is 3.52. The van der Waals surface area contributed by atoms with Gasteiger partial charge in [-0.3, -0.25) is 4.79 Å². The van der Waals surface area contributed by atoms with Crippen LogP contribution in [0.15, 0.2) is 60.2 Å². The number of methoxy groups -OCH3 is 1. The van der Waals surface area contributed by atoms with E-state index < -0.39 is 0 Å². The van der Waals surface area contributed by atoms with Crippen molar-refractivity contribution in [2.45, 2.75) is 5.75 Å². The maximum Gasteiger partial charge on any atom is 0.274 e. The van der Waals surface area contributed by atoms with Crippen LogP contribution >= 0.6 is 11.8 Å². The lowest BCUT2D eigenvalue weighted by atomic mass is 10.0.